The number of hydrogen-bond acceptors (Lipinski definition) is 10. The summed E-state index contributed by atoms with van der Waals surface area (Å²) < 4.78 is 11.2. The van der Waals surface area contributed by atoms with Crippen molar-refractivity contribution in [3.05, 3.63) is 35.0 Å². The number of aliphatic hydroxyl groups excluding tert-OH is 2. The number of carbonyl (C=O) groups excluding carboxylic acids is 1. The SMILES string of the molecule is CCNc1nc(C)cc(-c2nc(-c3cc(C)c(OC[C@@H](O)CNC(=O)CO)c(C)c3)no2)n1. The molecule has 0 bridgehead atoms. The highest BCUT2D eigenvalue weighted by Crippen LogP contribution is 2.30. The Bertz CT molecular complexity index is 1090. The Morgan fingerprint density at radius 1 is 1.15 bits per heavy atom. The molecule has 3 aromatic rings. The van der Waals surface area contributed by atoms with Gasteiger partial charge in [-0.1, -0.05) is 5.16 Å². The van der Waals surface area contributed by atoms with Gasteiger partial charge in [0.2, 0.25) is 17.7 Å². The normalized spacial score (nSPS) is 11.8. The summed E-state index contributed by atoms with van der Waals surface area (Å²) in [6.45, 7) is 7.63. The van der Waals surface area contributed by atoms with Gasteiger partial charge in [0.25, 0.3) is 5.89 Å². The van der Waals surface area contributed by atoms with E-state index in [0.29, 0.717) is 35.7 Å². The lowest BCUT2D eigenvalue weighted by Crippen LogP contribution is -2.36. The van der Waals surface area contributed by atoms with Gasteiger partial charge in [-0.3, -0.25) is 4.79 Å². The Labute approximate surface area is 191 Å². The van der Waals surface area contributed by atoms with Crippen molar-refractivity contribution in [2.75, 3.05) is 31.6 Å². The quantitative estimate of drug-likeness (QED) is 0.352. The maximum absolute atomic E-state index is 11.1. The van der Waals surface area contributed by atoms with E-state index in [1.807, 2.05) is 39.8 Å². The Morgan fingerprint density at radius 2 is 1.88 bits per heavy atom. The minimum Gasteiger partial charge on any atom is -0.490 e. The van der Waals surface area contributed by atoms with E-state index < -0.39 is 18.6 Å². The number of nitrogens with one attached hydrogen (secondary N) is 2. The average Bonchev–Trinajstić information content (AvgIpc) is 3.27. The zero-order valence-corrected chi connectivity index (χ0v) is 19.0. The molecule has 1 aromatic carbocycles. The second-order valence-corrected chi connectivity index (χ2v) is 7.54. The van der Waals surface area contributed by atoms with Crippen molar-refractivity contribution in [1.82, 2.24) is 25.4 Å². The topological polar surface area (TPSA) is 156 Å². The van der Waals surface area contributed by atoms with Gasteiger partial charge in [0.05, 0.1) is 0 Å². The van der Waals surface area contributed by atoms with Crippen LogP contribution in [0, 0.1) is 20.8 Å². The van der Waals surface area contributed by atoms with E-state index in [-0.39, 0.29) is 13.2 Å². The summed E-state index contributed by atoms with van der Waals surface area (Å²) in [5.74, 6) is 1.27. The zero-order valence-electron chi connectivity index (χ0n) is 19.0. The molecule has 11 nitrogen and oxygen atoms in total. The third kappa shape index (κ3) is 6.24. The van der Waals surface area contributed by atoms with Crippen molar-refractivity contribution in [3.8, 4) is 28.7 Å². The summed E-state index contributed by atoms with van der Waals surface area (Å²) in [4.78, 5) is 24.3. The highest BCUT2D eigenvalue weighted by atomic mass is 16.5. The molecule has 0 aliphatic heterocycles. The molecule has 2 aromatic heterocycles. The number of amides is 1. The number of aromatic nitrogens is 4. The number of ether oxygens (including phenoxy) is 1. The monoisotopic (exact) mass is 456 g/mol. The van der Waals surface area contributed by atoms with Crippen LogP contribution >= 0.6 is 0 Å². The van der Waals surface area contributed by atoms with Crippen LogP contribution in [0.2, 0.25) is 0 Å². The van der Waals surface area contributed by atoms with Gasteiger partial charge in [-0.15, -0.1) is 0 Å². The van der Waals surface area contributed by atoms with Gasteiger partial charge in [0.15, 0.2) is 0 Å². The highest BCUT2D eigenvalue weighted by Gasteiger charge is 2.17. The summed E-state index contributed by atoms with van der Waals surface area (Å²) >= 11 is 0. The maximum Gasteiger partial charge on any atom is 0.277 e. The molecular weight excluding hydrogens is 428 g/mol. The number of hydrogen-bond donors (Lipinski definition) is 4. The molecule has 2 heterocycles. The lowest BCUT2D eigenvalue weighted by atomic mass is 10.1. The summed E-state index contributed by atoms with van der Waals surface area (Å²) in [6, 6.07) is 5.51. The van der Waals surface area contributed by atoms with Crippen LogP contribution in [0.4, 0.5) is 5.95 Å². The van der Waals surface area contributed by atoms with Crippen LogP contribution < -0.4 is 15.4 Å². The Balaban J connectivity index is 1.74. The smallest absolute Gasteiger partial charge is 0.277 e. The summed E-state index contributed by atoms with van der Waals surface area (Å²) in [5, 5.41) is 28.3. The van der Waals surface area contributed by atoms with Gasteiger partial charge >= 0.3 is 0 Å². The fourth-order valence-electron chi connectivity index (χ4n) is 3.19. The van der Waals surface area contributed by atoms with Gasteiger partial charge in [-0.2, -0.15) is 4.98 Å². The second kappa shape index (κ2) is 10.8. The van der Waals surface area contributed by atoms with E-state index in [0.717, 1.165) is 22.4 Å². The van der Waals surface area contributed by atoms with E-state index in [9.17, 15) is 9.90 Å². The molecular formula is C22H28N6O5. The largest absolute Gasteiger partial charge is 0.490 e. The van der Waals surface area contributed by atoms with Crippen molar-refractivity contribution < 1.29 is 24.3 Å². The standard InChI is InChI=1S/C22H28N6O5/c1-5-23-22-25-14(4)8-17(26-22)21-27-20(28-33-21)15-6-12(2)19(13(3)7-15)32-11-16(30)9-24-18(31)10-29/h6-8,16,29-30H,5,9-11H2,1-4H3,(H,24,31)(H,23,25,26)/t16-/m0/s1. The van der Waals surface area contributed by atoms with Crippen molar-refractivity contribution in [2.45, 2.75) is 33.8 Å². The van der Waals surface area contributed by atoms with Crippen molar-refractivity contribution in [3.63, 3.8) is 0 Å². The molecule has 1 amide bonds. The molecule has 1 atom stereocenters. The molecule has 0 unspecified atom stereocenters. The first-order chi connectivity index (χ1) is 15.8. The van der Waals surface area contributed by atoms with Crippen LogP contribution in [0.1, 0.15) is 23.7 Å². The first-order valence-corrected chi connectivity index (χ1v) is 10.5. The van der Waals surface area contributed by atoms with E-state index in [2.05, 4.69) is 30.7 Å². The fraction of sp³-hybridized carbons (Fsp3) is 0.409. The van der Waals surface area contributed by atoms with E-state index in [1.54, 1.807) is 6.07 Å². The van der Waals surface area contributed by atoms with Crippen LogP contribution in [0.15, 0.2) is 22.7 Å². The third-order valence-corrected chi connectivity index (χ3v) is 4.65. The third-order valence-electron chi connectivity index (χ3n) is 4.65. The summed E-state index contributed by atoms with van der Waals surface area (Å²) in [7, 11) is 0. The predicted molar refractivity (Wildman–Crippen MR) is 121 cm³/mol. The molecule has 11 heteroatoms. The van der Waals surface area contributed by atoms with Gasteiger partial charge in [0, 0.05) is 24.3 Å². The predicted octanol–water partition coefficient (Wildman–Crippen LogP) is 1.40. The van der Waals surface area contributed by atoms with E-state index in [1.165, 1.54) is 0 Å². The molecule has 0 saturated carbocycles. The molecule has 0 aliphatic carbocycles. The van der Waals surface area contributed by atoms with Crippen LogP contribution in [-0.4, -0.2) is 68.6 Å². The number of rotatable bonds is 10. The molecule has 0 saturated heterocycles. The first kappa shape index (κ1) is 24.1. The molecule has 33 heavy (non-hydrogen) atoms. The fourth-order valence-corrected chi connectivity index (χ4v) is 3.19. The van der Waals surface area contributed by atoms with Crippen molar-refractivity contribution >= 4 is 11.9 Å². The molecule has 0 radical (unpaired) electrons. The van der Waals surface area contributed by atoms with E-state index >= 15 is 0 Å². The van der Waals surface area contributed by atoms with Crippen molar-refractivity contribution in [2.24, 2.45) is 0 Å². The Morgan fingerprint density at radius 3 is 2.55 bits per heavy atom. The Hall–Kier alpha value is -3.57. The van der Waals surface area contributed by atoms with E-state index in [4.69, 9.17) is 14.4 Å². The molecule has 3 rings (SSSR count). The second-order valence-electron chi connectivity index (χ2n) is 7.54. The van der Waals surface area contributed by atoms with Gasteiger partial charge in [-0.25, -0.2) is 9.97 Å². The molecule has 4 N–H and O–H groups in total. The number of aliphatic hydroxyl groups is 2. The maximum atomic E-state index is 11.1. The van der Waals surface area contributed by atoms with Crippen molar-refractivity contribution in [1.29, 1.82) is 0 Å². The summed E-state index contributed by atoms with van der Waals surface area (Å²) in [5.41, 5.74) is 3.72. The minimum atomic E-state index is -0.915. The lowest BCUT2D eigenvalue weighted by Gasteiger charge is -2.16. The average molecular weight is 457 g/mol. The molecule has 0 spiro atoms. The number of aryl methyl sites for hydroxylation is 3. The molecule has 176 valence electrons. The number of nitrogens with zero attached hydrogens (tertiary/aromatic N) is 4. The first-order valence-electron chi connectivity index (χ1n) is 10.5. The highest BCUT2D eigenvalue weighted by molar-refractivity contribution is 5.76. The summed E-state index contributed by atoms with van der Waals surface area (Å²) in [6.07, 6.45) is -0.915. The lowest BCUT2D eigenvalue weighted by molar-refractivity contribution is -0.124. The zero-order chi connectivity index (χ0) is 24.0. The van der Waals surface area contributed by atoms with Crippen LogP contribution in [0.3, 0.4) is 0 Å². The van der Waals surface area contributed by atoms with Crippen LogP contribution in [-0.2, 0) is 4.79 Å². The molecule has 0 aliphatic rings. The molecule has 0 fully saturated rings. The Kier molecular flexibility index (Phi) is 7.91. The van der Waals surface area contributed by atoms with Crippen LogP contribution in [0.5, 0.6) is 5.75 Å². The number of carbonyl (C=O) groups is 1. The van der Waals surface area contributed by atoms with Gasteiger partial charge in [-0.05, 0) is 57.0 Å². The van der Waals surface area contributed by atoms with Gasteiger partial charge < -0.3 is 30.1 Å². The minimum absolute atomic E-state index is 0.0136. The number of benzene rings is 1. The number of anilines is 1. The van der Waals surface area contributed by atoms with Crippen LogP contribution in [0.25, 0.3) is 23.0 Å². The van der Waals surface area contributed by atoms with Gasteiger partial charge in [0.1, 0.15) is 30.8 Å².